The summed E-state index contributed by atoms with van der Waals surface area (Å²) >= 11 is 0. The Hall–Kier alpha value is -4.56. The van der Waals surface area contributed by atoms with Gasteiger partial charge in [0.1, 0.15) is 12.1 Å². The lowest BCUT2D eigenvalue weighted by Crippen LogP contribution is -2.08. The largest absolute Gasteiger partial charge is 0.490 e. The van der Waals surface area contributed by atoms with Crippen LogP contribution in [0.25, 0.3) is 12.2 Å². The van der Waals surface area contributed by atoms with Gasteiger partial charge in [0.05, 0.1) is 37.6 Å². The fraction of sp³-hybridized carbons (Fsp3) is 0.583. The minimum atomic E-state index is -0.228. The van der Waals surface area contributed by atoms with Crippen LogP contribution in [-0.4, -0.2) is 38.0 Å². The van der Waals surface area contributed by atoms with Crippen LogP contribution in [0, 0.1) is 34.5 Å². The molecule has 0 radical (unpaired) electrons. The molecule has 0 aliphatic rings. The van der Waals surface area contributed by atoms with Crippen LogP contribution >= 0.6 is 0 Å². The van der Waals surface area contributed by atoms with Gasteiger partial charge in [-0.15, -0.1) is 0 Å². The van der Waals surface area contributed by atoms with Gasteiger partial charge in [0.2, 0.25) is 0 Å². The van der Waals surface area contributed by atoms with Gasteiger partial charge < -0.3 is 18.9 Å². The number of ether oxygens (including phenoxy) is 4. The van der Waals surface area contributed by atoms with Gasteiger partial charge in [-0.05, 0) is 74.2 Å². The zero-order valence-corrected chi connectivity index (χ0v) is 35.3. The van der Waals surface area contributed by atoms with E-state index in [1.165, 1.54) is 77.0 Å². The van der Waals surface area contributed by atoms with E-state index in [2.05, 4.69) is 0 Å². The Balaban J connectivity index is 1.48. The van der Waals surface area contributed by atoms with Crippen LogP contribution in [0.2, 0.25) is 0 Å². The van der Waals surface area contributed by atoms with E-state index in [1.54, 1.807) is 39.8 Å². The van der Waals surface area contributed by atoms with E-state index in [0.717, 1.165) is 36.8 Å². The van der Waals surface area contributed by atoms with E-state index >= 15 is 0 Å². The molecule has 0 bridgehead atoms. The Morgan fingerprint density at radius 3 is 1.07 bits per heavy atom. The Kier molecular flexibility index (Phi) is 24.5. The maximum absolute atomic E-state index is 12.3. The fourth-order valence-electron chi connectivity index (χ4n) is 6.32. The van der Waals surface area contributed by atoms with Crippen LogP contribution < -0.4 is 18.9 Å². The molecule has 0 aromatic heterocycles. The summed E-state index contributed by atoms with van der Waals surface area (Å²) in [4.78, 5) is 24.6. The van der Waals surface area contributed by atoms with Crippen LogP contribution in [0.4, 0.5) is 0 Å². The summed E-state index contributed by atoms with van der Waals surface area (Å²) in [6.07, 6.45) is 23.1. The zero-order valence-electron chi connectivity index (χ0n) is 35.3. The van der Waals surface area contributed by atoms with Crippen LogP contribution in [0.15, 0.2) is 47.5 Å². The van der Waals surface area contributed by atoms with Crippen LogP contribution in [-0.2, 0) is 9.59 Å². The second kappa shape index (κ2) is 28.8. The molecule has 0 saturated carbocycles. The van der Waals surface area contributed by atoms with Gasteiger partial charge in [-0.3, -0.25) is 9.59 Å². The van der Waals surface area contributed by atoms with Crippen molar-refractivity contribution in [2.75, 3.05) is 26.4 Å². The molecule has 0 atom stereocenters. The number of carbonyl (C=O) groups is 2. The van der Waals surface area contributed by atoms with Crippen LogP contribution in [0.3, 0.4) is 0 Å². The first-order chi connectivity index (χ1) is 27.1. The topological polar surface area (TPSA) is 119 Å². The summed E-state index contributed by atoms with van der Waals surface area (Å²) in [6.45, 7) is 13.3. The van der Waals surface area contributed by atoms with E-state index in [4.69, 9.17) is 18.9 Å². The van der Waals surface area contributed by atoms with E-state index in [9.17, 15) is 20.1 Å². The third-order valence-corrected chi connectivity index (χ3v) is 9.53. The quantitative estimate of drug-likeness (QED) is 0.0422. The number of nitriles is 2. The standard InChI is InChI=1S/C48H68N2O6/c1-7-53-45-33-39(31-41(35-49)47(51)37(3)4)25-27-43(45)55-29-23-21-19-17-15-13-11-9-10-12-14-16-18-20-22-24-30-56-44-28-26-40(34-46(44)54-8-2)32-42(36-50)48(52)38(5)6/h25-28,31-34,37-38H,7-24,29-30H2,1-6H3. The Labute approximate surface area is 338 Å². The summed E-state index contributed by atoms with van der Waals surface area (Å²) in [5.74, 6) is 1.88. The van der Waals surface area contributed by atoms with Gasteiger partial charge in [-0.25, -0.2) is 0 Å². The Bertz CT molecular complexity index is 1490. The number of ketones is 2. The zero-order chi connectivity index (χ0) is 41.0. The van der Waals surface area contributed by atoms with E-state index < -0.39 is 0 Å². The smallest absolute Gasteiger partial charge is 0.175 e. The van der Waals surface area contributed by atoms with Crippen LogP contribution in [0.1, 0.15) is 155 Å². The van der Waals surface area contributed by atoms with Gasteiger partial charge in [0.15, 0.2) is 34.6 Å². The summed E-state index contributed by atoms with van der Waals surface area (Å²) < 4.78 is 23.7. The fourth-order valence-corrected chi connectivity index (χ4v) is 6.32. The van der Waals surface area contributed by atoms with Crippen molar-refractivity contribution in [3.63, 3.8) is 0 Å². The summed E-state index contributed by atoms with van der Waals surface area (Å²) in [5.41, 5.74) is 1.80. The first-order valence-electron chi connectivity index (χ1n) is 21.3. The Morgan fingerprint density at radius 2 is 0.804 bits per heavy atom. The van der Waals surface area contributed by atoms with Gasteiger partial charge >= 0.3 is 0 Å². The maximum Gasteiger partial charge on any atom is 0.175 e. The summed E-state index contributed by atoms with van der Waals surface area (Å²) in [7, 11) is 0. The van der Waals surface area contributed by atoms with Gasteiger partial charge in [0.25, 0.3) is 0 Å². The molecule has 0 heterocycles. The highest BCUT2D eigenvalue weighted by atomic mass is 16.5. The first kappa shape index (κ1) is 47.6. The van der Waals surface area contributed by atoms with Crippen molar-refractivity contribution in [1.82, 2.24) is 0 Å². The maximum atomic E-state index is 12.3. The normalized spacial score (nSPS) is 11.7. The summed E-state index contributed by atoms with van der Waals surface area (Å²) in [6, 6.07) is 15.2. The highest BCUT2D eigenvalue weighted by Gasteiger charge is 2.16. The average Bonchev–Trinajstić information content (AvgIpc) is 3.19. The molecule has 8 heteroatoms. The molecule has 0 unspecified atom stereocenters. The van der Waals surface area contributed by atoms with Crippen molar-refractivity contribution >= 4 is 23.7 Å². The molecule has 56 heavy (non-hydrogen) atoms. The third kappa shape index (κ3) is 18.9. The SMILES string of the molecule is CCOc1cc(C=C(C#N)C(=O)C(C)C)ccc1OCCCCCCCCCCCCCCCCCCOc1ccc(C=C(C#N)C(=O)C(C)C)cc1OCC. The lowest BCUT2D eigenvalue weighted by Gasteiger charge is -2.13. The Morgan fingerprint density at radius 1 is 0.500 bits per heavy atom. The molecule has 0 fully saturated rings. The number of benzene rings is 2. The third-order valence-electron chi connectivity index (χ3n) is 9.53. The molecule has 2 aromatic rings. The second-order valence-electron chi connectivity index (χ2n) is 15.0. The molecule has 0 aliphatic heterocycles. The number of Topliss-reactive ketones (excluding diaryl/α,β-unsaturated/α-hetero) is 2. The van der Waals surface area contributed by atoms with E-state index in [-0.39, 0.29) is 34.5 Å². The molecule has 306 valence electrons. The average molecular weight is 769 g/mol. The number of hydrogen-bond donors (Lipinski definition) is 0. The minimum Gasteiger partial charge on any atom is -0.490 e. The number of rotatable bonds is 31. The lowest BCUT2D eigenvalue weighted by atomic mass is 10.00. The van der Waals surface area contributed by atoms with Crippen molar-refractivity contribution in [2.24, 2.45) is 11.8 Å². The molecule has 2 aromatic carbocycles. The van der Waals surface area contributed by atoms with E-state index in [0.29, 0.717) is 49.4 Å². The van der Waals surface area contributed by atoms with Crippen molar-refractivity contribution in [3.05, 3.63) is 58.7 Å². The molecule has 0 saturated heterocycles. The van der Waals surface area contributed by atoms with Crippen molar-refractivity contribution in [2.45, 2.75) is 144 Å². The number of allylic oxidation sites excluding steroid dienone is 2. The predicted octanol–water partition coefficient (Wildman–Crippen LogP) is 12.4. The number of hydrogen-bond acceptors (Lipinski definition) is 8. The van der Waals surface area contributed by atoms with Gasteiger partial charge in [-0.1, -0.05) is 130 Å². The van der Waals surface area contributed by atoms with E-state index in [1.807, 2.05) is 62.4 Å². The molecule has 0 N–H and O–H groups in total. The molecule has 8 nitrogen and oxygen atoms in total. The van der Waals surface area contributed by atoms with Crippen LogP contribution in [0.5, 0.6) is 23.0 Å². The number of carbonyl (C=O) groups excluding carboxylic acids is 2. The predicted molar refractivity (Wildman–Crippen MR) is 227 cm³/mol. The number of nitrogens with zero attached hydrogens (tertiary/aromatic N) is 2. The minimum absolute atomic E-state index is 0.151. The number of unbranched alkanes of at least 4 members (excludes halogenated alkanes) is 15. The summed E-state index contributed by atoms with van der Waals surface area (Å²) in [5, 5.41) is 18.8. The van der Waals surface area contributed by atoms with Crippen molar-refractivity contribution in [3.8, 4) is 35.1 Å². The molecule has 0 amide bonds. The first-order valence-corrected chi connectivity index (χ1v) is 21.3. The van der Waals surface area contributed by atoms with Gasteiger partial charge in [0, 0.05) is 11.8 Å². The van der Waals surface area contributed by atoms with Crippen molar-refractivity contribution in [1.29, 1.82) is 10.5 Å². The highest BCUT2D eigenvalue weighted by Crippen LogP contribution is 2.31. The molecule has 2 rings (SSSR count). The molecule has 0 aliphatic carbocycles. The monoisotopic (exact) mass is 769 g/mol. The molecule has 0 spiro atoms. The van der Waals surface area contributed by atoms with Gasteiger partial charge in [-0.2, -0.15) is 10.5 Å². The highest BCUT2D eigenvalue weighted by molar-refractivity contribution is 6.04. The lowest BCUT2D eigenvalue weighted by molar-refractivity contribution is -0.118. The molecular weight excluding hydrogens is 701 g/mol. The van der Waals surface area contributed by atoms with Crippen molar-refractivity contribution < 1.29 is 28.5 Å². The molecular formula is C48H68N2O6. The second-order valence-corrected chi connectivity index (χ2v) is 15.0.